The number of aryl methyl sites for hydroxylation is 3. The molecule has 0 aliphatic carbocycles. The number of imidazole rings is 1. The molecule has 5 nitrogen and oxygen atoms in total. The Balaban J connectivity index is 1.47. The molecule has 4 aromatic rings. The lowest BCUT2D eigenvalue weighted by Gasteiger charge is -2.17. The lowest BCUT2D eigenvalue weighted by molar-refractivity contribution is 0.0937. The fourth-order valence-corrected chi connectivity index (χ4v) is 4.11. The van der Waals surface area contributed by atoms with Gasteiger partial charge in [-0.3, -0.25) is 4.79 Å². The van der Waals surface area contributed by atoms with Crippen molar-refractivity contribution in [2.75, 3.05) is 6.61 Å². The number of carbonyl (C=O) groups excluding carboxylic acids is 1. The maximum Gasteiger partial charge on any atom is 0.251 e. The molecule has 0 bridgehead atoms. The molecule has 0 saturated carbocycles. The lowest BCUT2D eigenvalue weighted by Crippen LogP contribution is -2.28. The highest BCUT2D eigenvalue weighted by Gasteiger charge is 2.19. The first kappa shape index (κ1) is 22.9. The standard InChI is InChI=1S/C27H28ClN3O2/c1-18-16-22(17-19(2)25(18)28)33-15-9-14-31-24-13-8-7-12-23(24)30-26(31)20(3)29-27(32)21-10-5-4-6-11-21/h4-8,10-13,16-17,20H,9,14-15H2,1-3H3,(H,29,32). The second kappa shape index (κ2) is 10.1. The van der Waals surface area contributed by atoms with E-state index in [2.05, 4.69) is 16.0 Å². The number of hydrogen-bond acceptors (Lipinski definition) is 3. The summed E-state index contributed by atoms with van der Waals surface area (Å²) in [5, 5.41) is 3.86. The van der Waals surface area contributed by atoms with Crippen molar-refractivity contribution in [1.29, 1.82) is 0 Å². The van der Waals surface area contributed by atoms with Crippen LogP contribution in [0.15, 0.2) is 66.7 Å². The number of rotatable bonds is 8. The number of nitrogens with zero attached hydrogens (tertiary/aromatic N) is 2. The zero-order valence-corrected chi connectivity index (χ0v) is 19.9. The van der Waals surface area contributed by atoms with Gasteiger partial charge in [0, 0.05) is 17.1 Å². The highest BCUT2D eigenvalue weighted by atomic mass is 35.5. The van der Waals surface area contributed by atoms with Crippen LogP contribution in [0.2, 0.25) is 5.02 Å². The monoisotopic (exact) mass is 461 g/mol. The van der Waals surface area contributed by atoms with Gasteiger partial charge in [-0.15, -0.1) is 0 Å². The number of hydrogen-bond donors (Lipinski definition) is 1. The highest BCUT2D eigenvalue weighted by molar-refractivity contribution is 6.32. The van der Waals surface area contributed by atoms with Crippen LogP contribution >= 0.6 is 11.6 Å². The summed E-state index contributed by atoms with van der Waals surface area (Å²) < 4.78 is 8.17. The van der Waals surface area contributed by atoms with Gasteiger partial charge in [-0.1, -0.05) is 41.9 Å². The first-order valence-corrected chi connectivity index (χ1v) is 11.5. The molecule has 170 valence electrons. The molecule has 33 heavy (non-hydrogen) atoms. The van der Waals surface area contributed by atoms with E-state index >= 15 is 0 Å². The number of aromatic nitrogens is 2. The molecule has 1 unspecified atom stereocenters. The van der Waals surface area contributed by atoms with Gasteiger partial charge in [0.05, 0.1) is 23.7 Å². The van der Waals surface area contributed by atoms with E-state index in [-0.39, 0.29) is 11.9 Å². The van der Waals surface area contributed by atoms with Crippen LogP contribution in [-0.2, 0) is 6.54 Å². The van der Waals surface area contributed by atoms with E-state index in [1.807, 2.05) is 81.4 Å². The highest BCUT2D eigenvalue weighted by Crippen LogP contribution is 2.26. The summed E-state index contributed by atoms with van der Waals surface area (Å²) in [5.41, 5.74) is 4.62. The Morgan fingerprint density at radius 3 is 2.45 bits per heavy atom. The molecular formula is C27H28ClN3O2. The Kier molecular flexibility index (Phi) is 6.99. The number of ether oxygens (including phenoxy) is 1. The SMILES string of the molecule is Cc1cc(OCCCn2c(C(C)NC(=O)c3ccccc3)nc3ccccc32)cc(C)c1Cl. The second-order valence-electron chi connectivity index (χ2n) is 8.24. The molecule has 0 radical (unpaired) electrons. The van der Waals surface area contributed by atoms with Crippen LogP contribution in [0.5, 0.6) is 5.75 Å². The molecule has 1 atom stereocenters. The van der Waals surface area contributed by atoms with E-state index < -0.39 is 0 Å². The minimum atomic E-state index is -0.243. The van der Waals surface area contributed by atoms with Crippen molar-refractivity contribution >= 4 is 28.5 Å². The fourth-order valence-electron chi connectivity index (χ4n) is 4.00. The maximum atomic E-state index is 12.7. The Morgan fingerprint density at radius 1 is 1.06 bits per heavy atom. The van der Waals surface area contributed by atoms with E-state index in [9.17, 15) is 4.79 Å². The molecule has 1 aromatic heterocycles. The Bertz CT molecular complexity index is 1240. The van der Waals surface area contributed by atoms with Crippen LogP contribution in [-0.4, -0.2) is 22.1 Å². The summed E-state index contributed by atoms with van der Waals surface area (Å²) in [4.78, 5) is 17.5. The lowest BCUT2D eigenvalue weighted by atomic mass is 10.1. The van der Waals surface area contributed by atoms with Gasteiger partial charge in [0.1, 0.15) is 11.6 Å². The predicted octanol–water partition coefficient (Wildman–Crippen LogP) is 6.27. The zero-order chi connectivity index (χ0) is 23.4. The summed E-state index contributed by atoms with van der Waals surface area (Å²) >= 11 is 6.26. The predicted molar refractivity (Wildman–Crippen MR) is 133 cm³/mol. The summed E-state index contributed by atoms with van der Waals surface area (Å²) in [7, 11) is 0. The minimum Gasteiger partial charge on any atom is -0.494 e. The first-order valence-electron chi connectivity index (χ1n) is 11.1. The molecule has 1 amide bonds. The maximum absolute atomic E-state index is 12.7. The minimum absolute atomic E-state index is 0.112. The molecular weight excluding hydrogens is 434 g/mol. The van der Waals surface area contributed by atoms with Gasteiger partial charge in [0.25, 0.3) is 5.91 Å². The fraction of sp³-hybridized carbons (Fsp3) is 0.259. The number of fused-ring (bicyclic) bond motifs is 1. The Morgan fingerprint density at radius 2 is 1.73 bits per heavy atom. The zero-order valence-electron chi connectivity index (χ0n) is 19.1. The van der Waals surface area contributed by atoms with Crippen LogP contribution < -0.4 is 10.1 Å². The second-order valence-corrected chi connectivity index (χ2v) is 8.62. The van der Waals surface area contributed by atoms with Crippen LogP contribution in [0.3, 0.4) is 0 Å². The average Bonchev–Trinajstić information content (AvgIpc) is 3.19. The number of benzene rings is 3. The summed E-state index contributed by atoms with van der Waals surface area (Å²) in [6.45, 7) is 7.23. The van der Waals surface area contributed by atoms with E-state index in [0.29, 0.717) is 12.2 Å². The van der Waals surface area contributed by atoms with Crippen LogP contribution in [0, 0.1) is 13.8 Å². The molecule has 0 saturated heterocycles. The topological polar surface area (TPSA) is 56.1 Å². The van der Waals surface area contributed by atoms with Gasteiger partial charge < -0.3 is 14.6 Å². The molecule has 0 fully saturated rings. The quantitative estimate of drug-likeness (QED) is 0.315. The molecule has 4 rings (SSSR count). The number of carbonyl (C=O) groups is 1. The van der Waals surface area contributed by atoms with E-state index in [1.54, 1.807) is 0 Å². The van der Waals surface area contributed by atoms with Crippen molar-refractivity contribution < 1.29 is 9.53 Å². The Labute approximate surface area is 199 Å². The summed E-state index contributed by atoms with van der Waals surface area (Å²) in [6, 6.07) is 21.0. The molecule has 1 heterocycles. The largest absolute Gasteiger partial charge is 0.494 e. The van der Waals surface area contributed by atoms with E-state index in [1.165, 1.54) is 0 Å². The molecule has 0 aliphatic rings. The van der Waals surface area contributed by atoms with Gasteiger partial charge in [0.2, 0.25) is 0 Å². The third-order valence-electron chi connectivity index (χ3n) is 5.66. The van der Waals surface area contributed by atoms with Gasteiger partial charge in [-0.25, -0.2) is 4.98 Å². The molecule has 3 aromatic carbocycles. The van der Waals surface area contributed by atoms with E-state index in [0.717, 1.165) is 51.7 Å². The third-order valence-corrected chi connectivity index (χ3v) is 6.26. The van der Waals surface area contributed by atoms with Crippen molar-refractivity contribution in [1.82, 2.24) is 14.9 Å². The number of nitrogens with one attached hydrogen (secondary N) is 1. The van der Waals surface area contributed by atoms with Gasteiger partial charge in [-0.05, 0) is 74.7 Å². The van der Waals surface area contributed by atoms with E-state index in [4.69, 9.17) is 21.3 Å². The number of para-hydroxylation sites is 2. The molecule has 1 N–H and O–H groups in total. The van der Waals surface area contributed by atoms with Crippen molar-refractivity contribution in [3.05, 3.63) is 94.3 Å². The van der Waals surface area contributed by atoms with Gasteiger partial charge >= 0.3 is 0 Å². The summed E-state index contributed by atoms with van der Waals surface area (Å²) in [6.07, 6.45) is 0.799. The van der Waals surface area contributed by atoms with Gasteiger partial charge in [-0.2, -0.15) is 0 Å². The number of amides is 1. The van der Waals surface area contributed by atoms with Crippen LogP contribution in [0.25, 0.3) is 11.0 Å². The third kappa shape index (κ3) is 5.20. The molecule has 0 aliphatic heterocycles. The first-order chi connectivity index (χ1) is 15.9. The molecule has 6 heteroatoms. The van der Waals surface area contributed by atoms with Crippen molar-refractivity contribution in [2.24, 2.45) is 0 Å². The average molecular weight is 462 g/mol. The molecule has 0 spiro atoms. The van der Waals surface area contributed by atoms with Crippen LogP contribution in [0.1, 0.15) is 46.7 Å². The summed E-state index contributed by atoms with van der Waals surface area (Å²) in [5.74, 6) is 1.55. The van der Waals surface area contributed by atoms with Crippen LogP contribution in [0.4, 0.5) is 0 Å². The normalized spacial score (nSPS) is 12.0. The van der Waals surface area contributed by atoms with Crippen molar-refractivity contribution in [3.63, 3.8) is 0 Å². The number of halogens is 1. The van der Waals surface area contributed by atoms with Crippen molar-refractivity contribution in [3.8, 4) is 5.75 Å². The smallest absolute Gasteiger partial charge is 0.251 e. The van der Waals surface area contributed by atoms with Gasteiger partial charge in [0.15, 0.2) is 0 Å². The van der Waals surface area contributed by atoms with Crippen molar-refractivity contribution in [2.45, 2.75) is 39.8 Å². The Hall–Kier alpha value is -3.31.